The lowest BCUT2D eigenvalue weighted by Gasteiger charge is -2.21. The van der Waals surface area contributed by atoms with Crippen LogP contribution in [-0.4, -0.2) is 46.2 Å². The maximum absolute atomic E-state index is 12.7. The van der Waals surface area contributed by atoms with E-state index in [0.29, 0.717) is 37.5 Å². The number of amides is 2. The van der Waals surface area contributed by atoms with Gasteiger partial charge in [0.05, 0.1) is 35.0 Å². The lowest BCUT2D eigenvalue weighted by Crippen LogP contribution is -2.35. The van der Waals surface area contributed by atoms with Crippen LogP contribution in [0.5, 0.6) is 0 Å². The molecule has 6 nitrogen and oxygen atoms in total. The van der Waals surface area contributed by atoms with Crippen molar-refractivity contribution >= 4 is 23.2 Å². The molecule has 7 heteroatoms. The monoisotopic (exact) mass is 345 g/mol. The third kappa shape index (κ3) is 2.53. The summed E-state index contributed by atoms with van der Waals surface area (Å²) in [6, 6.07) is 1.70. The van der Waals surface area contributed by atoms with Crippen molar-refractivity contribution in [2.24, 2.45) is 11.8 Å². The molecule has 2 amide bonds. The van der Waals surface area contributed by atoms with Crippen LogP contribution >= 0.6 is 11.3 Å². The van der Waals surface area contributed by atoms with E-state index in [4.69, 9.17) is 4.42 Å². The molecule has 0 radical (unpaired) electrons. The molecule has 2 saturated heterocycles. The van der Waals surface area contributed by atoms with Crippen LogP contribution in [0.25, 0.3) is 0 Å². The Balaban J connectivity index is 1.43. The third-order valence-corrected chi connectivity index (χ3v) is 5.74. The Kier molecular flexibility index (Phi) is 3.68. The molecule has 2 aromatic rings. The largest absolute Gasteiger partial charge is 0.469 e. The minimum atomic E-state index is -0.0825. The Morgan fingerprint density at radius 1 is 1.38 bits per heavy atom. The number of thiazole rings is 1. The predicted octanol–water partition coefficient (Wildman–Crippen LogP) is 2.08. The minimum absolute atomic E-state index is 0.0369. The summed E-state index contributed by atoms with van der Waals surface area (Å²) in [6.07, 6.45) is 1.53. The molecule has 126 valence electrons. The standard InChI is InChI=1S/C17H19N3O3S/c1-10-14(3-4-23-10)16(21)20-6-12-5-19(17(22)15(12)8-20)7-13-9-24-11(2)18-13/h3-4,9,12,15H,5-8H2,1-2H3/t12-,15+/m0/s1. The van der Waals surface area contributed by atoms with Crippen LogP contribution in [0, 0.1) is 25.7 Å². The van der Waals surface area contributed by atoms with Crippen molar-refractivity contribution in [3.05, 3.63) is 39.7 Å². The number of likely N-dealkylation sites (tertiary alicyclic amines) is 2. The van der Waals surface area contributed by atoms with Crippen molar-refractivity contribution in [2.45, 2.75) is 20.4 Å². The topological polar surface area (TPSA) is 66.7 Å². The van der Waals surface area contributed by atoms with Gasteiger partial charge in [-0.3, -0.25) is 9.59 Å². The van der Waals surface area contributed by atoms with E-state index in [2.05, 4.69) is 4.98 Å². The Morgan fingerprint density at radius 2 is 2.21 bits per heavy atom. The summed E-state index contributed by atoms with van der Waals surface area (Å²) in [5, 5.41) is 3.03. The molecule has 24 heavy (non-hydrogen) atoms. The number of carbonyl (C=O) groups excluding carboxylic acids is 2. The molecule has 4 rings (SSSR count). The zero-order valence-corrected chi connectivity index (χ0v) is 14.5. The average Bonchev–Trinajstić information content (AvgIpc) is 3.29. The lowest BCUT2D eigenvalue weighted by molar-refractivity contribution is -0.131. The lowest BCUT2D eigenvalue weighted by atomic mass is 10.0. The van der Waals surface area contributed by atoms with E-state index in [-0.39, 0.29) is 23.7 Å². The number of furan rings is 1. The van der Waals surface area contributed by atoms with E-state index in [1.165, 1.54) is 6.26 Å². The smallest absolute Gasteiger partial charge is 0.257 e. The van der Waals surface area contributed by atoms with Gasteiger partial charge in [0, 0.05) is 30.9 Å². The molecule has 2 aliphatic heterocycles. The quantitative estimate of drug-likeness (QED) is 0.854. The summed E-state index contributed by atoms with van der Waals surface area (Å²) in [5.41, 5.74) is 1.55. The molecule has 0 N–H and O–H groups in total. The molecular formula is C17H19N3O3S. The number of aromatic nitrogens is 1. The van der Waals surface area contributed by atoms with Gasteiger partial charge in [0.1, 0.15) is 5.76 Å². The Labute approximate surface area is 144 Å². The van der Waals surface area contributed by atoms with Crippen LogP contribution in [0.4, 0.5) is 0 Å². The number of fused-ring (bicyclic) bond motifs is 1. The van der Waals surface area contributed by atoms with Gasteiger partial charge in [0.2, 0.25) is 5.91 Å². The average molecular weight is 345 g/mol. The van der Waals surface area contributed by atoms with Gasteiger partial charge in [-0.15, -0.1) is 11.3 Å². The minimum Gasteiger partial charge on any atom is -0.469 e. The Bertz CT molecular complexity index is 797. The van der Waals surface area contributed by atoms with Gasteiger partial charge < -0.3 is 14.2 Å². The van der Waals surface area contributed by atoms with E-state index in [9.17, 15) is 9.59 Å². The first kappa shape index (κ1) is 15.4. The molecule has 0 aromatic carbocycles. The highest BCUT2D eigenvalue weighted by molar-refractivity contribution is 7.09. The van der Waals surface area contributed by atoms with Crippen LogP contribution in [0.15, 0.2) is 22.1 Å². The second-order valence-electron chi connectivity index (χ2n) is 6.54. The van der Waals surface area contributed by atoms with Crippen molar-refractivity contribution in [3.63, 3.8) is 0 Å². The highest BCUT2D eigenvalue weighted by Gasteiger charge is 2.47. The number of hydrogen-bond acceptors (Lipinski definition) is 5. The van der Waals surface area contributed by atoms with Gasteiger partial charge >= 0.3 is 0 Å². The van der Waals surface area contributed by atoms with E-state index in [0.717, 1.165) is 10.7 Å². The number of aryl methyl sites for hydroxylation is 2. The third-order valence-electron chi connectivity index (χ3n) is 4.92. The first-order chi connectivity index (χ1) is 11.5. The summed E-state index contributed by atoms with van der Waals surface area (Å²) in [7, 11) is 0. The van der Waals surface area contributed by atoms with Gasteiger partial charge in [-0.25, -0.2) is 4.98 Å². The molecule has 0 saturated carbocycles. The summed E-state index contributed by atoms with van der Waals surface area (Å²) < 4.78 is 5.22. The van der Waals surface area contributed by atoms with Gasteiger partial charge in [-0.1, -0.05) is 0 Å². The number of carbonyl (C=O) groups is 2. The highest BCUT2D eigenvalue weighted by atomic mass is 32.1. The molecule has 0 unspecified atom stereocenters. The van der Waals surface area contributed by atoms with E-state index in [1.54, 1.807) is 29.2 Å². The van der Waals surface area contributed by atoms with Crippen molar-refractivity contribution in [3.8, 4) is 0 Å². The summed E-state index contributed by atoms with van der Waals surface area (Å²) >= 11 is 1.60. The second kappa shape index (κ2) is 5.73. The van der Waals surface area contributed by atoms with Crippen molar-refractivity contribution < 1.29 is 14.0 Å². The van der Waals surface area contributed by atoms with Crippen molar-refractivity contribution in [1.82, 2.24) is 14.8 Å². The fourth-order valence-electron chi connectivity index (χ4n) is 3.71. The van der Waals surface area contributed by atoms with Crippen LogP contribution in [0.1, 0.15) is 26.8 Å². The van der Waals surface area contributed by atoms with Crippen LogP contribution in [-0.2, 0) is 11.3 Å². The zero-order valence-electron chi connectivity index (χ0n) is 13.7. The molecule has 2 fully saturated rings. The molecule has 2 aromatic heterocycles. The van der Waals surface area contributed by atoms with Crippen molar-refractivity contribution in [1.29, 1.82) is 0 Å². The maximum atomic E-state index is 12.7. The normalized spacial score (nSPS) is 23.2. The molecule has 0 bridgehead atoms. The number of rotatable bonds is 3. The maximum Gasteiger partial charge on any atom is 0.257 e. The first-order valence-corrected chi connectivity index (χ1v) is 8.94. The molecule has 2 atom stereocenters. The van der Waals surface area contributed by atoms with Gasteiger partial charge in [-0.05, 0) is 19.9 Å². The van der Waals surface area contributed by atoms with Crippen molar-refractivity contribution in [2.75, 3.05) is 19.6 Å². The molecule has 2 aliphatic rings. The number of hydrogen-bond donors (Lipinski definition) is 0. The fourth-order valence-corrected chi connectivity index (χ4v) is 4.31. The fraction of sp³-hybridized carbons (Fsp3) is 0.471. The molecule has 0 aliphatic carbocycles. The van der Waals surface area contributed by atoms with Crippen LogP contribution in [0.3, 0.4) is 0 Å². The molecular weight excluding hydrogens is 326 g/mol. The van der Waals surface area contributed by atoms with E-state index in [1.807, 2.05) is 17.2 Å². The first-order valence-electron chi connectivity index (χ1n) is 8.06. The molecule has 4 heterocycles. The number of nitrogens with zero attached hydrogens (tertiary/aromatic N) is 3. The summed E-state index contributed by atoms with van der Waals surface area (Å²) in [5.74, 6) is 0.869. The van der Waals surface area contributed by atoms with Gasteiger partial charge in [0.25, 0.3) is 5.91 Å². The predicted molar refractivity (Wildman–Crippen MR) is 88.6 cm³/mol. The molecule has 0 spiro atoms. The SMILES string of the molecule is Cc1nc(CN2C[C@H]3CN(C(=O)c4ccoc4C)C[C@H]3C2=O)cs1. The van der Waals surface area contributed by atoms with Gasteiger partial charge in [0.15, 0.2) is 0 Å². The van der Waals surface area contributed by atoms with Gasteiger partial charge in [-0.2, -0.15) is 0 Å². The van der Waals surface area contributed by atoms with Crippen LogP contribution < -0.4 is 0 Å². The second-order valence-corrected chi connectivity index (χ2v) is 7.61. The van der Waals surface area contributed by atoms with Crippen LogP contribution in [0.2, 0.25) is 0 Å². The van der Waals surface area contributed by atoms with E-state index >= 15 is 0 Å². The Morgan fingerprint density at radius 3 is 2.83 bits per heavy atom. The summed E-state index contributed by atoms with van der Waals surface area (Å²) in [4.78, 5) is 33.3. The highest BCUT2D eigenvalue weighted by Crippen LogP contribution is 2.34. The Hall–Kier alpha value is -2.15. The van der Waals surface area contributed by atoms with E-state index < -0.39 is 0 Å². The zero-order chi connectivity index (χ0) is 16.8. The summed E-state index contributed by atoms with van der Waals surface area (Å²) in [6.45, 7) is 6.16.